The van der Waals surface area contributed by atoms with Gasteiger partial charge in [0.2, 0.25) is 5.91 Å². The minimum Gasteiger partial charge on any atom is -0.491 e. The molecule has 0 atom stereocenters. The summed E-state index contributed by atoms with van der Waals surface area (Å²) in [6.07, 6.45) is 2.57. The highest BCUT2D eigenvalue weighted by Gasteiger charge is 2.11. The number of nitrogens with zero attached hydrogens (tertiary/aromatic N) is 1. The third kappa shape index (κ3) is 5.22. The maximum atomic E-state index is 12.3. The lowest BCUT2D eigenvalue weighted by molar-refractivity contribution is -0.116. The first kappa shape index (κ1) is 19.7. The van der Waals surface area contributed by atoms with Gasteiger partial charge >= 0.3 is 0 Å². The Labute approximate surface area is 165 Å². The van der Waals surface area contributed by atoms with Gasteiger partial charge in [-0.1, -0.05) is 29.8 Å². The third-order valence-corrected chi connectivity index (χ3v) is 4.30. The molecule has 0 aliphatic heterocycles. The summed E-state index contributed by atoms with van der Waals surface area (Å²) in [4.78, 5) is 16.6. The second-order valence-corrected chi connectivity index (χ2v) is 7.18. The normalized spacial score (nSPS) is 10.9. The van der Waals surface area contributed by atoms with Crippen LogP contribution in [0.4, 0.5) is 5.69 Å². The van der Waals surface area contributed by atoms with E-state index in [0.717, 1.165) is 22.6 Å². The zero-order valence-corrected chi connectivity index (χ0v) is 16.8. The molecule has 0 aliphatic carbocycles. The molecule has 3 aromatic rings. The Balaban J connectivity index is 1.55. The Hall–Kier alpha value is -3.08. The van der Waals surface area contributed by atoms with Crippen molar-refractivity contribution in [2.24, 2.45) is 0 Å². The van der Waals surface area contributed by atoms with Crippen molar-refractivity contribution < 1.29 is 13.9 Å². The minimum atomic E-state index is -0.0734. The number of benzene rings is 2. The largest absolute Gasteiger partial charge is 0.491 e. The van der Waals surface area contributed by atoms with E-state index in [1.165, 1.54) is 5.56 Å². The van der Waals surface area contributed by atoms with Crippen LogP contribution in [-0.4, -0.2) is 17.0 Å². The van der Waals surface area contributed by atoms with Crippen molar-refractivity contribution in [1.82, 2.24) is 4.98 Å². The van der Waals surface area contributed by atoms with Gasteiger partial charge in [0.15, 0.2) is 11.7 Å². The number of carbonyl (C=O) groups excluding carboxylic acids is 1. The number of ether oxygens (including phenoxy) is 1. The molecular formula is C23H26N2O3. The fourth-order valence-corrected chi connectivity index (χ4v) is 2.83. The monoisotopic (exact) mass is 378 g/mol. The number of anilines is 1. The van der Waals surface area contributed by atoms with E-state index in [-0.39, 0.29) is 12.0 Å². The van der Waals surface area contributed by atoms with E-state index in [0.29, 0.717) is 24.5 Å². The van der Waals surface area contributed by atoms with Crippen molar-refractivity contribution in [3.05, 3.63) is 65.7 Å². The van der Waals surface area contributed by atoms with E-state index in [9.17, 15) is 4.79 Å². The number of hydrogen-bond donors (Lipinski definition) is 1. The van der Waals surface area contributed by atoms with Crippen molar-refractivity contribution >= 4 is 11.6 Å². The van der Waals surface area contributed by atoms with Crippen molar-refractivity contribution in [1.29, 1.82) is 0 Å². The van der Waals surface area contributed by atoms with Crippen molar-refractivity contribution in [3.63, 3.8) is 0 Å². The maximum absolute atomic E-state index is 12.3. The summed E-state index contributed by atoms with van der Waals surface area (Å²) in [5.41, 5.74) is 3.92. The number of aryl methyl sites for hydroxylation is 3. The van der Waals surface area contributed by atoms with Crippen molar-refractivity contribution in [3.8, 4) is 17.1 Å². The summed E-state index contributed by atoms with van der Waals surface area (Å²) < 4.78 is 11.5. The van der Waals surface area contributed by atoms with Gasteiger partial charge in [-0.3, -0.25) is 4.79 Å². The van der Waals surface area contributed by atoms with Gasteiger partial charge in [0.25, 0.3) is 0 Å². The summed E-state index contributed by atoms with van der Waals surface area (Å²) in [5, 5.41) is 2.94. The molecule has 1 N–H and O–H groups in total. The van der Waals surface area contributed by atoms with Gasteiger partial charge in [0, 0.05) is 24.1 Å². The van der Waals surface area contributed by atoms with E-state index in [1.54, 1.807) is 6.20 Å². The van der Waals surface area contributed by atoms with Gasteiger partial charge < -0.3 is 14.5 Å². The lowest BCUT2D eigenvalue weighted by atomic mass is 10.1. The van der Waals surface area contributed by atoms with Crippen LogP contribution in [0.25, 0.3) is 11.3 Å². The predicted octanol–water partition coefficient (Wildman–Crippen LogP) is 5.32. The summed E-state index contributed by atoms with van der Waals surface area (Å²) >= 11 is 0. The van der Waals surface area contributed by atoms with E-state index < -0.39 is 0 Å². The highest BCUT2D eigenvalue weighted by atomic mass is 16.5. The van der Waals surface area contributed by atoms with Gasteiger partial charge in [-0.05, 0) is 51.5 Å². The lowest BCUT2D eigenvalue weighted by Gasteiger charge is -2.13. The van der Waals surface area contributed by atoms with Crippen LogP contribution >= 0.6 is 0 Å². The van der Waals surface area contributed by atoms with Gasteiger partial charge in [-0.25, -0.2) is 4.98 Å². The van der Waals surface area contributed by atoms with Gasteiger partial charge in [0.1, 0.15) is 5.75 Å². The summed E-state index contributed by atoms with van der Waals surface area (Å²) in [6, 6.07) is 13.7. The molecule has 146 valence electrons. The molecule has 0 fully saturated rings. The summed E-state index contributed by atoms with van der Waals surface area (Å²) in [5.74, 6) is 2.00. The quantitative estimate of drug-likeness (QED) is 0.604. The first-order valence-electron chi connectivity index (χ1n) is 9.49. The Morgan fingerprint density at radius 3 is 2.57 bits per heavy atom. The molecule has 1 aromatic heterocycles. The number of oxazole rings is 1. The Morgan fingerprint density at radius 2 is 1.89 bits per heavy atom. The summed E-state index contributed by atoms with van der Waals surface area (Å²) in [6.45, 7) is 7.96. The zero-order chi connectivity index (χ0) is 20.1. The molecule has 0 bridgehead atoms. The topological polar surface area (TPSA) is 64.4 Å². The zero-order valence-electron chi connectivity index (χ0n) is 16.8. The molecule has 0 saturated carbocycles. The Morgan fingerprint density at radius 1 is 1.14 bits per heavy atom. The van der Waals surface area contributed by atoms with Crippen LogP contribution in [0.1, 0.15) is 37.3 Å². The first-order chi connectivity index (χ1) is 13.4. The summed E-state index contributed by atoms with van der Waals surface area (Å²) in [7, 11) is 0. The van der Waals surface area contributed by atoms with E-state index in [1.807, 2.05) is 70.2 Å². The number of carbonyl (C=O) groups is 1. The highest BCUT2D eigenvalue weighted by Crippen LogP contribution is 2.23. The van der Waals surface area contributed by atoms with Crippen LogP contribution in [0.15, 0.2) is 53.1 Å². The number of aromatic nitrogens is 1. The predicted molar refractivity (Wildman–Crippen MR) is 111 cm³/mol. The van der Waals surface area contributed by atoms with Crippen molar-refractivity contribution in [2.75, 3.05) is 5.32 Å². The Kier molecular flexibility index (Phi) is 6.14. The second-order valence-electron chi connectivity index (χ2n) is 7.18. The molecule has 0 saturated heterocycles. The third-order valence-electron chi connectivity index (χ3n) is 4.30. The fraction of sp³-hybridized carbons (Fsp3) is 0.304. The van der Waals surface area contributed by atoms with Crippen molar-refractivity contribution in [2.45, 2.75) is 46.6 Å². The molecule has 5 heteroatoms. The number of amides is 1. The average Bonchev–Trinajstić information content (AvgIpc) is 3.11. The smallest absolute Gasteiger partial charge is 0.224 e. The minimum absolute atomic E-state index is 0.0734. The van der Waals surface area contributed by atoms with E-state index >= 15 is 0 Å². The molecule has 1 heterocycles. The first-order valence-corrected chi connectivity index (χ1v) is 9.49. The van der Waals surface area contributed by atoms with Crippen LogP contribution in [0, 0.1) is 13.8 Å². The van der Waals surface area contributed by atoms with Crippen LogP contribution in [-0.2, 0) is 11.2 Å². The van der Waals surface area contributed by atoms with E-state index in [2.05, 4.69) is 10.3 Å². The van der Waals surface area contributed by atoms with Crippen LogP contribution in [0.5, 0.6) is 5.75 Å². The number of rotatable bonds is 7. The highest BCUT2D eigenvalue weighted by molar-refractivity contribution is 5.91. The van der Waals surface area contributed by atoms with Gasteiger partial charge in [0.05, 0.1) is 12.3 Å². The molecule has 3 rings (SSSR count). The van der Waals surface area contributed by atoms with Crippen LogP contribution < -0.4 is 10.1 Å². The Bertz CT molecular complexity index is 943. The van der Waals surface area contributed by atoms with Gasteiger partial charge in [-0.15, -0.1) is 0 Å². The molecule has 2 aromatic carbocycles. The molecule has 0 aliphatic rings. The molecule has 1 amide bonds. The number of hydrogen-bond acceptors (Lipinski definition) is 4. The molecular weight excluding hydrogens is 352 g/mol. The fourth-order valence-electron chi connectivity index (χ4n) is 2.83. The van der Waals surface area contributed by atoms with Crippen LogP contribution in [0.2, 0.25) is 0 Å². The average molecular weight is 378 g/mol. The lowest BCUT2D eigenvalue weighted by Crippen LogP contribution is -2.13. The molecule has 28 heavy (non-hydrogen) atoms. The maximum Gasteiger partial charge on any atom is 0.224 e. The SMILES string of the molecule is Cc1ccc(-c2cnc(CCC(=O)Nc3ccc(OC(C)C)cc3C)o2)cc1. The molecule has 0 radical (unpaired) electrons. The number of nitrogens with one attached hydrogen (secondary N) is 1. The molecule has 5 nitrogen and oxygen atoms in total. The second kappa shape index (κ2) is 8.74. The molecule has 0 unspecified atom stereocenters. The van der Waals surface area contributed by atoms with Gasteiger partial charge in [-0.2, -0.15) is 0 Å². The van der Waals surface area contributed by atoms with E-state index in [4.69, 9.17) is 9.15 Å². The molecule has 0 spiro atoms. The standard InChI is InChI=1S/C23H26N2O3/c1-15(2)27-19-9-10-20(17(4)13-19)25-22(26)11-12-23-24-14-21(28-23)18-7-5-16(3)6-8-18/h5-10,13-15H,11-12H2,1-4H3,(H,25,26). The van der Waals surface area contributed by atoms with Crippen LogP contribution in [0.3, 0.4) is 0 Å².